The van der Waals surface area contributed by atoms with Crippen molar-refractivity contribution in [3.8, 4) is 11.3 Å². The summed E-state index contributed by atoms with van der Waals surface area (Å²) in [4.78, 5) is 19.3. The van der Waals surface area contributed by atoms with Crippen LogP contribution in [0, 0.1) is 0 Å². The number of aromatic amines is 1. The molecule has 1 fully saturated rings. The topological polar surface area (TPSA) is 57.7 Å². The van der Waals surface area contributed by atoms with E-state index >= 15 is 0 Å². The van der Waals surface area contributed by atoms with E-state index in [4.69, 9.17) is 4.98 Å². The van der Waals surface area contributed by atoms with Crippen molar-refractivity contribution < 1.29 is 0 Å². The van der Waals surface area contributed by atoms with E-state index in [1.54, 1.807) is 0 Å². The lowest BCUT2D eigenvalue weighted by Crippen LogP contribution is -2.29. The van der Waals surface area contributed by atoms with Crippen molar-refractivity contribution in [2.45, 2.75) is 32.6 Å². The van der Waals surface area contributed by atoms with Gasteiger partial charge in [-0.05, 0) is 31.4 Å². The molecule has 23 heavy (non-hydrogen) atoms. The fourth-order valence-corrected chi connectivity index (χ4v) is 3.36. The lowest BCUT2D eigenvalue weighted by atomic mass is 10.1. The summed E-state index contributed by atoms with van der Waals surface area (Å²) >= 11 is 0. The molecule has 3 aromatic rings. The van der Waals surface area contributed by atoms with Gasteiger partial charge in [-0.25, -0.2) is 15.0 Å². The van der Waals surface area contributed by atoms with Gasteiger partial charge in [0.15, 0.2) is 0 Å². The van der Waals surface area contributed by atoms with Crippen LogP contribution in [0.15, 0.2) is 30.7 Å². The third-order valence-corrected chi connectivity index (χ3v) is 4.55. The van der Waals surface area contributed by atoms with E-state index in [0.29, 0.717) is 0 Å². The lowest BCUT2D eigenvalue weighted by molar-refractivity contribution is 0.579. The predicted octanol–water partition coefficient (Wildman–Crippen LogP) is 3.57. The van der Waals surface area contributed by atoms with Crippen LogP contribution in [0.5, 0.6) is 0 Å². The molecule has 0 bridgehead atoms. The molecule has 4 rings (SSSR count). The van der Waals surface area contributed by atoms with Gasteiger partial charge in [0.1, 0.15) is 11.5 Å². The lowest BCUT2D eigenvalue weighted by Gasteiger charge is -2.29. The first-order valence-corrected chi connectivity index (χ1v) is 8.40. The zero-order chi connectivity index (χ0) is 15.6. The smallest absolute Gasteiger partial charge is 0.140 e. The van der Waals surface area contributed by atoms with Crippen LogP contribution in [0.1, 0.15) is 32.0 Å². The second kappa shape index (κ2) is 5.99. The first kappa shape index (κ1) is 14.2. The number of aryl methyl sites for hydroxylation is 1. The van der Waals surface area contributed by atoms with Crippen LogP contribution in [-0.2, 0) is 6.42 Å². The van der Waals surface area contributed by atoms with E-state index in [-0.39, 0.29) is 0 Å². The summed E-state index contributed by atoms with van der Waals surface area (Å²) in [5.41, 5.74) is 4.28. The highest BCUT2D eigenvalue weighted by Crippen LogP contribution is 2.35. The number of rotatable bonds is 3. The van der Waals surface area contributed by atoms with E-state index < -0.39 is 0 Å². The van der Waals surface area contributed by atoms with Gasteiger partial charge in [-0.3, -0.25) is 0 Å². The molecule has 0 aliphatic carbocycles. The zero-order valence-corrected chi connectivity index (χ0v) is 13.4. The number of anilines is 1. The van der Waals surface area contributed by atoms with Crippen LogP contribution in [0.25, 0.3) is 22.3 Å². The van der Waals surface area contributed by atoms with Crippen LogP contribution >= 0.6 is 0 Å². The van der Waals surface area contributed by atoms with Crippen LogP contribution < -0.4 is 4.90 Å². The second-order valence-electron chi connectivity index (χ2n) is 6.02. The number of hydrogen-bond donors (Lipinski definition) is 1. The summed E-state index contributed by atoms with van der Waals surface area (Å²) in [6.45, 7) is 4.32. The first-order valence-electron chi connectivity index (χ1n) is 8.40. The molecule has 1 N–H and O–H groups in total. The summed E-state index contributed by atoms with van der Waals surface area (Å²) in [7, 11) is 0. The van der Waals surface area contributed by atoms with Gasteiger partial charge < -0.3 is 9.88 Å². The molecule has 0 radical (unpaired) electrons. The molecule has 0 atom stereocenters. The van der Waals surface area contributed by atoms with Crippen molar-refractivity contribution in [1.29, 1.82) is 0 Å². The average molecular weight is 307 g/mol. The molecule has 4 heterocycles. The maximum atomic E-state index is 4.69. The summed E-state index contributed by atoms with van der Waals surface area (Å²) in [5.74, 6) is 0.875. The molecule has 0 aromatic carbocycles. The van der Waals surface area contributed by atoms with Crippen molar-refractivity contribution in [1.82, 2.24) is 19.9 Å². The highest BCUT2D eigenvalue weighted by atomic mass is 15.1. The molecule has 0 saturated carbocycles. The van der Waals surface area contributed by atoms with Crippen molar-refractivity contribution in [2.75, 3.05) is 18.0 Å². The number of H-pyrrole nitrogens is 1. The van der Waals surface area contributed by atoms with Gasteiger partial charge in [-0.2, -0.15) is 0 Å². The van der Waals surface area contributed by atoms with Crippen LogP contribution in [0.2, 0.25) is 0 Å². The van der Waals surface area contributed by atoms with Gasteiger partial charge in [0.05, 0.1) is 11.1 Å². The fraction of sp³-hybridized carbons (Fsp3) is 0.389. The summed E-state index contributed by atoms with van der Waals surface area (Å²) in [6, 6.07) is 4.11. The molecule has 0 spiro atoms. The Bertz CT molecular complexity index is 817. The highest BCUT2D eigenvalue weighted by Gasteiger charge is 2.18. The van der Waals surface area contributed by atoms with Gasteiger partial charge in [-0.1, -0.05) is 6.92 Å². The zero-order valence-electron chi connectivity index (χ0n) is 13.4. The molecule has 5 nitrogen and oxygen atoms in total. The van der Waals surface area contributed by atoms with E-state index in [9.17, 15) is 0 Å². The highest BCUT2D eigenvalue weighted by molar-refractivity contribution is 6.01. The Labute approximate surface area is 135 Å². The van der Waals surface area contributed by atoms with Gasteiger partial charge in [0.25, 0.3) is 0 Å². The molecule has 5 heteroatoms. The van der Waals surface area contributed by atoms with Gasteiger partial charge in [0, 0.05) is 49.4 Å². The third-order valence-electron chi connectivity index (χ3n) is 4.55. The summed E-state index contributed by atoms with van der Waals surface area (Å²) in [6.07, 6.45) is 10.5. The minimum Gasteiger partial charge on any atom is -0.371 e. The molecular weight excluding hydrogens is 286 g/mol. The van der Waals surface area contributed by atoms with Crippen LogP contribution in [0.4, 0.5) is 5.69 Å². The number of pyridine rings is 1. The van der Waals surface area contributed by atoms with E-state index in [1.165, 1.54) is 30.3 Å². The molecule has 1 aliphatic heterocycles. The predicted molar refractivity (Wildman–Crippen MR) is 92.6 cm³/mol. The Kier molecular flexibility index (Phi) is 3.69. The monoisotopic (exact) mass is 307 g/mol. The Balaban J connectivity index is 1.87. The average Bonchev–Trinajstić information content (AvgIpc) is 3.07. The van der Waals surface area contributed by atoms with Gasteiger partial charge >= 0.3 is 0 Å². The molecule has 0 unspecified atom stereocenters. The van der Waals surface area contributed by atoms with E-state index in [0.717, 1.165) is 42.2 Å². The Morgan fingerprint density at radius 2 is 1.91 bits per heavy atom. The number of nitrogens with zero attached hydrogens (tertiary/aromatic N) is 4. The van der Waals surface area contributed by atoms with Gasteiger partial charge in [0.2, 0.25) is 0 Å². The molecule has 118 valence electrons. The van der Waals surface area contributed by atoms with E-state index in [1.807, 2.05) is 24.7 Å². The van der Waals surface area contributed by atoms with Gasteiger partial charge in [-0.15, -0.1) is 0 Å². The minimum atomic E-state index is 0.841. The SMILES string of the molecule is CCc1nccc(-c2c[nH]c3nccc(N4CCCCC4)c23)n1. The largest absolute Gasteiger partial charge is 0.371 e. The number of nitrogens with one attached hydrogen (secondary N) is 1. The van der Waals surface area contributed by atoms with Crippen molar-refractivity contribution in [3.05, 3.63) is 36.5 Å². The number of fused-ring (bicyclic) bond motifs is 1. The molecule has 0 amide bonds. The van der Waals surface area contributed by atoms with Crippen LogP contribution in [0.3, 0.4) is 0 Å². The molecule has 3 aromatic heterocycles. The maximum absolute atomic E-state index is 4.69. The van der Waals surface area contributed by atoms with Crippen molar-refractivity contribution in [2.24, 2.45) is 0 Å². The first-order chi connectivity index (χ1) is 11.4. The molecule has 1 saturated heterocycles. The summed E-state index contributed by atoms with van der Waals surface area (Å²) < 4.78 is 0. The maximum Gasteiger partial charge on any atom is 0.140 e. The normalized spacial score (nSPS) is 15.3. The van der Waals surface area contributed by atoms with E-state index in [2.05, 4.69) is 32.8 Å². The second-order valence-corrected chi connectivity index (χ2v) is 6.02. The Morgan fingerprint density at radius 1 is 1.09 bits per heavy atom. The molecule has 1 aliphatic rings. The third kappa shape index (κ3) is 2.56. The van der Waals surface area contributed by atoms with Crippen molar-refractivity contribution in [3.63, 3.8) is 0 Å². The minimum absolute atomic E-state index is 0.841. The van der Waals surface area contributed by atoms with Crippen molar-refractivity contribution >= 4 is 16.7 Å². The number of aromatic nitrogens is 4. The summed E-state index contributed by atoms with van der Waals surface area (Å²) in [5, 5.41) is 1.18. The van der Waals surface area contributed by atoms with Crippen LogP contribution in [-0.4, -0.2) is 33.0 Å². The number of piperidine rings is 1. The fourth-order valence-electron chi connectivity index (χ4n) is 3.36. The number of hydrogen-bond acceptors (Lipinski definition) is 4. The standard InChI is InChI=1S/C18H21N5/c1-2-16-19-8-6-14(22-16)13-12-21-18-17(13)15(7-9-20-18)23-10-4-3-5-11-23/h6-9,12H,2-5,10-11H2,1H3,(H,20,21). The Morgan fingerprint density at radius 3 is 2.74 bits per heavy atom. The Hall–Kier alpha value is -2.43. The molecular formula is C18H21N5. The quantitative estimate of drug-likeness (QED) is 0.803.